The normalized spacial score (nSPS) is 16.0. The molecule has 0 radical (unpaired) electrons. The lowest BCUT2D eigenvalue weighted by Crippen LogP contribution is -2.60. The molecule has 2 aliphatic rings. The van der Waals surface area contributed by atoms with E-state index in [2.05, 4.69) is 179 Å². The highest BCUT2D eigenvalue weighted by Crippen LogP contribution is 2.44. The molecule has 2 aliphatic heterocycles. The first-order valence-electron chi connectivity index (χ1n) is 29.5. The smallest absolute Gasteiger partial charge is 0.469 e. The zero-order chi connectivity index (χ0) is 61.9. The van der Waals surface area contributed by atoms with E-state index in [4.69, 9.17) is 34.7 Å². The van der Waals surface area contributed by atoms with Crippen molar-refractivity contribution in [2.75, 3.05) is 13.1 Å². The van der Waals surface area contributed by atoms with Gasteiger partial charge in [-0.15, -0.1) is 0 Å². The monoisotopic (exact) mass is 1270 g/mol. The van der Waals surface area contributed by atoms with Crippen molar-refractivity contribution in [1.29, 1.82) is 0 Å². The molecule has 0 fully saturated rings. The Hall–Kier alpha value is -3.49. The molecule has 0 aromatic carbocycles. The number of hydrogen-bond donors (Lipinski definition) is 5. The van der Waals surface area contributed by atoms with Crippen LogP contribution in [-0.2, 0) is 51.9 Å². The summed E-state index contributed by atoms with van der Waals surface area (Å²) in [4.78, 5) is 60.6. The van der Waals surface area contributed by atoms with Crippen LogP contribution in [0, 0.1) is 13.8 Å². The number of carbonyl (C=O) groups excluding carboxylic acids is 2. The molecule has 2 atom stereocenters. The number of nitrogens with one attached hydrogen (secondary N) is 4. The number of carboxylic acids is 1. The number of aromatic nitrogens is 4. The van der Waals surface area contributed by atoms with Gasteiger partial charge in [0.2, 0.25) is 11.8 Å². The third kappa shape index (κ3) is 19.5. The van der Waals surface area contributed by atoms with Crippen LogP contribution >= 0.6 is 0 Å². The molecule has 8 bridgehead atoms. The average Bonchev–Trinajstić information content (AvgIpc) is 3.92. The van der Waals surface area contributed by atoms with Crippen molar-refractivity contribution < 1.29 is 44.2 Å². The van der Waals surface area contributed by atoms with Crippen molar-refractivity contribution in [3.05, 3.63) is 75.4 Å². The fourth-order valence-corrected chi connectivity index (χ4v) is 40.3. The number of fused-ring (bicyclic) bond motifs is 8. The standard InChI is InChI=1S/C58H102N6O10Si8/c1-25-43-39(3)47-36-49-41(5)45(29-30-53(65)59-31-27-33-81(69-75(7,8)9,70-76(10,11)12)71-77(13,14)15)56(63-49)46(35-54(66)60-32-28-34-82(72-78(16,17)18,73-79(19,20)21)74-80(22,23)24)57-55(58(67)68)42(6)50(64-57)38-52-44(26-2)40(4)48(62-52)37-51(43)61-47/h25,36-38,41,45,61-62H,1,26-35H2,2-24H3,(H,59,65)(H,60,66)(H,67,68). The van der Waals surface area contributed by atoms with Gasteiger partial charge in [0.05, 0.1) is 29.1 Å². The zero-order valence-corrected chi connectivity index (χ0v) is 62.3. The van der Waals surface area contributed by atoms with E-state index in [1.54, 1.807) is 6.92 Å². The number of allylic oxidation sites excluding steroid dienone is 1. The van der Waals surface area contributed by atoms with E-state index < -0.39 is 79.4 Å². The maximum absolute atomic E-state index is 14.8. The van der Waals surface area contributed by atoms with Crippen molar-refractivity contribution in [2.24, 2.45) is 0 Å². The number of rotatable bonds is 28. The molecular weight excluding hydrogens is 1170 g/mol. The van der Waals surface area contributed by atoms with Crippen LogP contribution in [0.1, 0.15) is 109 Å². The number of carbonyl (C=O) groups is 3. The maximum atomic E-state index is 14.8. The van der Waals surface area contributed by atoms with Gasteiger partial charge < -0.3 is 50.4 Å². The van der Waals surface area contributed by atoms with Gasteiger partial charge in [0, 0.05) is 82.3 Å². The van der Waals surface area contributed by atoms with Crippen LogP contribution in [0.3, 0.4) is 0 Å². The number of aliphatic carboxylic acids is 1. The van der Waals surface area contributed by atoms with Crippen molar-refractivity contribution in [3.8, 4) is 0 Å². The minimum atomic E-state index is -3.20. The SMILES string of the molecule is C=Cc1c(C)c2cc3nc(c(CC(=O)NCCC[Si](O[Si](C)(C)C)(O[Si](C)(C)C)O[Si](C)(C)C)c4nc(cc5[nH]c(cc1[nH]2)c(C)c5CC)C(C)=C4C(=O)O)C(CCC(=O)NCCC[Si](O[Si](C)(C)C)(O[Si](C)(C)C)O[Si](C)(C)C)C3C. The lowest BCUT2D eigenvalue weighted by molar-refractivity contribution is -0.130. The Labute approximate surface area is 499 Å². The van der Waals surface area contributed by atoms with Gasteiger partial charge in [0.15, 0.2) is 49.9 Å². The van der Waals surface area contributed by atoms with Gasteiger partial charge in [-0.25, -0.2) is 9.78 Å². The van der Waals surface area contributed by atoms with Crippen LogP contribution in [0.2, 0.25) is 130 Å². The van der Waals surface area contributed by atoms with Crippen LogP contribution < -0.4 is 10.6 Å². The van der Waals surface area contributed by atoms with E-state index in [1.165, 1.54) is 0 Å². The quantitative estimate of drug-likeness (QED) is 0.0340. The van der Waals surface area contributed by atoms with Gasteiger partial charge in [0.25, 0.3) is 0 Å². The lowest BCUT2D eigenvalue weighted by atomic mass is 9.84. The molecule has 24 heteroatoms. The van der Waals surface area contributed by atoms with Gasteiger partial charge >= 0.3 is 23.6 Å². The molecule has 0 saturated carbocycles. The van der Waals surface area contributed by atoms with Gasteiger partial charge in [-0.3, -0.25) is 14.6 Å². The molecule has 5 rings (SSSR count). The Morgan fingerprint density at radius 1 is 0.622 bits per heavy atom. The largest absolute Gasteiger partial charge is 0.478 e. The summed E-state index contributed by atoms with van der Waals surface area (Å²) in [5.41, 5.74) is 10.4. The van der Waals surface area contributed by atoms with E-state index >= 15 is 0 Å². The van der Waals surface area contributed by atoms with Crippen molar-refractivity contribution in [3.63, 3.8) is 0 Å². The zero-order valence-electron chi connectivity index (χ0n) is 54.3. The second kappa shape index (κ2) is 26.6. The molecule has 5 heterocycles. The van der Waals surface area contributed by atoms with Crippen molar-refractivity contribution in [2.45, 2.75) is 215 Å². The Bertz CT molecular complexity index is 2960. The van der Waals surface area contributed by atoms with E-state index in [0.717, 1.165) is 56.4 Å². The molecule has 0 spiro atoms. The van der Waals surface area contributed by atoms with Crippen molar-refractivity contribution >= 4 is 125 Å². The molecular formula is C58H102N6O10Si8. The van der Waals surface area contributed by atoms with Gasteiger partial charge in [-0.2, -0.15) is 0 Å². The van der Waals surface area contributed by atoms with Crippen LogP contribution in [0.25, 0.3) is 39.3 Å². The summed E-state index contributed by atoms with van der Waals surface area (Å²) in [5.74, 6) is -2.24. The molecule has 456 valence electrons. The summed E-state index contributed by atoms with van der Waals surface area (Å²) in [5, 5.41) is 17.6. The summed E-state index contributed by atoms with van der Waals surface area (Å²) >= 11 is 0. The van der Waals surface area contributed by atoms with Gasteiger partial charge in [0.1, 0.15) is 0 Å². The molecule has 5 N–H and O–H groups in total. The van der Waals surface area contributed by atoms with Crippen LogP contribution in [0.4, 0.5) is 0 Å². The minimum Gasteiger partial charge on any atom is -0.478 e. The number of hydrogen-bond acceptors (Lipinski definition) is 11. The Morgan fingerprint density at radius 2 is 1.07 bits per heavy atom. The van der Waals surface area contributed by atoms with E-state index in [9.17, 15) is 19.5 Å². The average molecular weight is 1270 g/mol. The van der Waals surface area contributed by atoms with Crippen LogP contribution in [0.15, 0.2) is 24.8 Å². The van der Waals surface area contributed by atoms with Crippen molar-refractivity contribution in [1.82, 2.24) is 30.6 Å². The van der Waals surface area contributed by atoms with Crippen LogP contribution in [-0.4, -0.2) is 123 Å². The second-order valence-electron chi connectivity index (χ2n) is 28.3. The maximum Gasteiger partial charge on any atom is 0.469 e. The predicted octanol–water partition coefficient (Wildman–Crippen LogP) is 14.4. The molecule has 2 amide bonds. The molecule has 3 aromatic heterocycles. The number of nitrogens with zero attached hydrogens (tertiary/aromatic N) is 2. The minimum absolute atomic E-state index is 0.0102. The fourth-order valence-electron chi connectivity index (χ4n) is 11.0. The highest BCUT2D eigenvalue weighted by Gasteiger charge is 2.51. The molecule has 2 unspecified atom stereocenters. The fraction of sp³-hybridized carbons (Fsp3) is 0.603. The first-order valence-corrected chi connectivity index (χ1v) is 53.9. The first-order chi connectivity index (χ1) is 37.5. The highest BCUT2D eigenvalue weighted by molar-refractivity contribution is 6.91. The summed E-state index contributed by atoms with van der Waals surface area (Å²) in [7, 11) is -19.1. The highest BCUT2D eigenvalue weighted by atomic mass is 28.5. The van der Waals surface area contributed by atoms with Gasteiger partial charge in [-0.1, -0.05) is 26.5 Å². The number of amides is 2. The third-order valence-electron chi connectivity index (χ3n) is 13.7. The molecule has 3 aromatic rings. The molecule has 0 saturated heterocycles. The number of carboxylic acid groups (broad SMARTS) is 1. The van der Waals surface area contributed by atoms with E-state index in [1.807, 2.05) is 18.2 Å². The van der Waals surface area contributed by atoms with Crippen LogP contribution in [0.5, 0.6) is 0 Å². The summed E-state index contributed by atoms with van der Waals surface area (Å²) < 4.78 is 41.6. The lowest BCUT2D eigenvalue weighted by Gasteiger charge is -2.43. The molecule has 16 nitrogen and oxygen atoms in total. The summed E-state index contributed by atoms with van der Waals surface area (Å²) in [6.07, 6.45) is 4.07. The summed E-state index contributed by atoms with van der Waals surface area (Å²) in [6, 6.07) is 7.20. The molecule has 82 heavy (non-hydrogen) atoms. The number of aryl methyl sites for hydroxylation is 3. The van der Waals surface area contributed by atoms with Gasteiger partial charge in [-0.05, 0) is 205 Å². The first kappa shape index (κ1) is 69.3. The Morgan fingerprint density at radius 3 is 1.51 bits per heavy atom. The predicted molar refractivity (Wildman–Crippen MR) is 357 cm³/mol. The Kier molecular flexibility index (Phi) is 22.5. The summed E-state index contributed by atoms with van der Waals surface area (Å²) in [6.45, 7) is 54.0. The van der Waals surface area contributed by atoms with E-state index in [-0.39, 0.29) is 41.8 Å². The number of H-pyrrole nitrogens is 2. The second-order valence-corrected chi connectivity index (χ2v) is 62.2. The number of aromatic amines is 2. The topological polar surface area (TPSA) is 208 Å². The Balaban J connectivity index is 1.65. The molecule has 0 aliphatic carbocycles. The van der Waals surface area contributed by atoms with E-state index in [0.29, 0.717) is 67.0 Å². The third-order valence-corrected chi connectivity index (χ3v) is 37.8.